The molecule has 0 fully saturated rings. The molecule has 28 heavy (non-hydrogen) atoms. The summed E-state index contributed by atoms with van der Waals surface area (Å²) >= 11 is 6.20. The van der Waals surface area contributed by atoms with Crippen molar-refractivity contribution < 1.29 is 18.3 Å². The first-order valence-electron chi connectivity index (χ1n) is 8.37. The Hall–Kier alpha value is -3.06. The Kier molecular flexibility index (Phi) is 5.56. The third-order valence-electron chi connectivity index (χ3n) is 4.20. The standard InChI is InChI=1S/C20H18ClFN2O4/c1-24(2)20(26)28-18-9-17-13(8-16(18)21)15(10-22)14(19(25)27-17)7-11-4-3-5-12(23)6-11/h3-6,8-9H,7,10,23H2,1-2H3. The molecule has 0 saturated heterocycles. The number of nitrogen functional groups attached to an aromatic ring is 1. The van der Waals surface area contributed by atoms with E-state index in [1.165, 1.54) is 31.1 Å². The maximum absolute atomic E-state index is 13.9. The molecule has 0 aliphatic carbocycles. The Balaban J connectivity index is 2.11. The molecule has 0 atom stereocenters. The average molecular weight is 405 g/mol. The Labute approximate surface area is 165 Å². The lowest BCUT2D eigenvalue weighted by molar-refractivity contribution is 0.172. The number of carbonyl (C=O) groups excluding carboxylic acids is 1. The van der Waals surface area contributed by atoms with Crippen LogP contribution in [-0.2, 0) is 13.1 Å². The smallest absolute Gasteiger partial charge is 0.414 e. The fraction of sp³-hybridized carbons (Fsp3) is 0.200. The second-order valence-electron chi connectivity index (χ2n) is 6.44. The van der Waals surface area contributed by atoms with Gasteiger partial charge in [0.25, 0.3) is 0 Å². The number of alkyl halides is 1. The van der Waals surface area contributed by atoms with E-state index in [2.05, 4.69) is 0 Å². The van der Waals surface area contributed by atoms with Crippen molar-refractivity contribution in [3.05, 3.63) is 68.5 Å². The van der Waals surface area contributed by atoms with E-state index < -0.39 is 18.4 Å². The molecule has 0 saturated carbocycles. The molecule has 1 aromatic heterocycles. The Morgan fingerprint density at radius 2 is 2.00 bits per heavy atom. The predicted octanol–water partition coefficient (Wildman–Crippen LogP) is 4.15. The number of anilines is 1. The molecule has 0 aliphatic heterocycles. The molecular weight excluding hydrogens is 387 g/mol. The fourth-order valence-electron chi connectivity index (χ4n) is 2.80. The number of nitrogens with two attached hydrogens (primary N) is 1. The summed E-state index contributed by atoms with van der Waals surface area (Å²) in [6.45, 7) is -0.882. The first-order valence-corrected chi connectivity index (χ1v) is 8.75. The molecule has 1 heterocycles. The lowest BCUT2D eigenvalue weighted by atomic mass is 9.99. The van der Waals surface area contributed by atoms with E-state index in [1.54, 1.807) is 24.3 Å². The lowest BCUT2D eigenvalue weighted by Gasteiger charge is -2.14. The zero-order valence-corrected chi connectivity index (χ0v) is 16.0. The fourth-order valence-corrected chi connectivity index (χ4v) is 3.01. The van der Waals surface area contributed by atoms with Crippen molar-refractivity contribution in [3.8, 4) is 5.75 Å². The molecule has 2 aromatic carbocycles. The normalized spacial score (nSPS) is 10.9. The molecule has 0 unspecified atom stereocenters. The van der Waals surface area contributed by atoms with Crippen LogP contribution in [0.15, 0.2) is 45.6 Å². The van der Waals surface area contributed by atoms with Crippen LogP contribution in [0.2, 0.25) is 5.02 Å². The molecule has 3 rings (SSSR count). The molecule has 0 radical (unpaired) electrons. The first kappa shape index (κ1) is 19.7. The molecule has 6 nitrogen and oxygen atoms in total. The Morgan fingerprint density at radius 1 is 1.25 bits per heavy atom. The summed E-state index contributed by atoms with van der Waals surface area (Å²) < 4.78 is 24.4. The van der Waals surface area contributed by atoms with Gasteiger partial charge in [-0.15, -0.1) is 0 Å². The second kappa shape index (κ2) is 7.90. The molecule has 2 N–H and O–H groups in total. The van der Waals surface area contributed by atoms with Gasteiger partial charge < -0.3 is 19.8 Å². The van der Waals surface area contributed by atoms with Crippen molar-refractivity contribution in [2.75, 3.05) is 19.8 Å². The quantitative estimate of drug-likeness (QED) is 0.521. The summed E-state index contributed by atoms with van der Waals surface area (Å²) in [6, 6.07) is 9.71. The third kappa shape index (κ3) is 3.94. The topological polar surface area (TPSA) is 85.8 Å². The van der Waals surface area contributed by atoms with Gasteiger partial charge in [0.1, 0.15) is 12.3 Å². The summed E-state index contributed by atoms with van der Waals surface area (Å²) in [5.74, 6) is 0.0180. The van der Waals surface area contributed by atoms with Crippen molar-refractivity contribution in [3.63, 3.8) is 0 Å². The van der Waals surface area contributed by atoms with Gasteiger partial charge in [0.05, 0.1) is 5.02 Å². The molecule has 3 aromatic rings. The summed E-state index contributed by atoms with van der Waals surface area (Å²) in [5.41, 5.74) is 6.85. The maximum Gasteiger partial charge on any atom is 0.414 e. The summed E-state index contributed by atoms with van der Waals surface area (Å²) in [7, 11) is 3.03. The minimum absolute atomic E-state index is 0.0180. The zero-order valence-electron chi connectivity index (χ0n) is 15.3. The molecule has 0 spiro atoms. The van der Waals surface area contributed by atoms with E-state index in [9.17, 15) is 14.0 Å². The van der Waals surface area contributed by atoms with Crippen LogP contribution >= 0.6 is 11.6 Å². The minimum Gasteiger partial charge on any atom is -0.422 e. The van der Waals surface area contributed by atoms with E-state index >= 15 is 0 Å². The van der Waals surface area contributed by atoms with Gasteiger partial charge in [-0.05, 0) is 23.8 Å². The summed E-state index contributed by atoms with van der Waals surface area (Å²) in [5, 5.41) is 0.441. The molecule has 0 aliphatic rings. The van der Waals surface area contributed by atoms with Gasteiger partial charge in [-0.25, -0.2) is 14.0 Å². The van der Waals surface area contributed by atoms with Crippen LogP contribution in [0.25, 0.3) is 11.0 Å². The van der Waals surface area contributed by atoms with Gasteiger partial charge >= 0.3 is 11.7 Å². The molecular formula is C20H18ClFN2O4. The number of halogens is 2. The number of fused-ring (bicyclic) bond motifs is 1. The minimum atomic E-state index is -0.882. The van der Waals surface area contributed by atoms with E-state index in [4.69, 9.17) is 26.5 Å². The molecule has 0 bridgehead atoms. The van der Waals surface area contributed by atoms with Gasteiger partial charge in [-0.3, -0.25) is 0 Å². The average Bonchev–Trinajstić information content (AvgIpc) is 2.63. The van der Waals surface area contributed by atoms with Gasteiger partial charge in [0, 0.05) is 48.8 Å². The SMILES string of the molecule is CN(C)C(=O)Oc1cc2oc(=O)c(Cc3cccc(N)c3)c(CF)c2cc1Cl. The monoisotopic (exact) mass is 404 g/mol. The van der Waals surface area contributed by atoms with E-state index in [0.29, 0.717) is 11.1 Å². The summed E-state index contributed by atoms with van der Waals surface area (Å²) in [6.07, 6.45) is -0.482. The van der Waals surface area contributed by atoms with Crippen LogP contribution in [0.3, 0.4) is 0 Å². The van der Waals surface area contributed by atoms with Crippen LogP contribution < -0.4 is 16.1 Å². The van der Waals surface area contributed by atoms with Crippen LogP contribution in [0.1, 0.15) is 16.7 Å². The van der Waals surface area contributed by atoms with Crippen LogP contribution in [-0.4, -0.2) is 25.1 Å². The van der Waals surface area contributed by atoms with Crippen molar-refractivity contribution >= 4 is 34.4 Å². The first-order chi connectivity index (χ1) is 13.3. The molecule has 146 valence electrons. The highest BCUT2D eigenvalue weighted by molar-refractivity contribution is 6.33. The van der Waals surface area contributed by atoms with E-state index in [1.807, 2.05) is 0 Å². The number of benzene rings is 2. The summed E-state index contributed by atoms with van der Waals surface area (Å²) in [4.78, 5) is 25.5. The Bertz CT molecular complexity index is 1110. The lowest BCUT2D eigenvalue weighted by Crippen LogP contribution is -2.25. The Morgan fingerprint density at radius 3 is 2.64 bits per heavy atom. The highest BCUT2D eigenvalue weighted by Crippen LogP contribution is 2.33. The van der Waals surface area contributed by atoms with Crippen LogP contribution in [0, 0.1) is 0 Å². The highest BCUT2D eigenvalue weighted by atomic mass is 35.5. The van der Waals surface area contributed by atoms with Crippen molar-refractivity contribution in [2.24, 2.45) is 0 Å². The number of nitrogens with zero attached hydrogens (tertiary/aromatic N) is 1. The van der Waals surface area contributed by atoms with Crippen LogP contribution in [0.4, 0.5) is 14.9 Å². The van der Waals surface area contributed by atoms with Gasteiger partial charge in [-0.1, -0.05) is 23.7 Å². The van der Waals surface area contributed by atoms with Crippen LogP contribution in [0.5, 0.6) is 5.75 Å². The van der Waals surface area contributed by atoms with Gasteiger partial charge in [0.2, 0.25) is 0 Å². The largest absolute Gasteiger partial charge is 0.422 e. The highest BCUT2D eigenvalue weighted by Gasteiger charge is 2.19. The molecule has 1 amide bonds. The predicted molar refractivity (Wildman–Crippen MR) is 106 cm³/mol. The number of ether oxygens (including phenoxy) is 1. The van der Waals surface area contributed by atoms with Gasteiger partial charge in [0.15, 0.2) is 5.75 Å². The van der Waals surface area contributed by atoms with Gasteiger partial charge in [-0.2, -0.15) is 0 Å². The number of rotatable bonds is 4. The number of hydrogen-bond donors (Lipinski definition) is 1. The third-order valence-corrected chi connectivity index (χ3v) is 4.50. The number of hydrogen-bond acceptors (Lipinski definition) is 5. The van der Waals surface area contributed by atoms with Crippen molar-refractivity contribution in [1.29, 1.82) is 0 Å². The number of amides is 1. The van der Waals surface area contributed by atoms with E-state index in [-0.39, 0.29) is 33.9 Å². The van der Waals surface area contributed by atoms with E-state index in [0.717, 1.165) is 5.56 Å². The zero-order chi connectivity index (χ0) is 20.4. The van der Waals surface area contributed by atoms with Crippen molar-refractivity contribution in [2.45, 2.75) is 13.1 Å². The maximum atomic E-state index is 13.9. The van der Waals surface area contributed by atoms with Crippen molar-refractivity contribution in [1.82, 2.24) is 4.90 Å². The number of carbonyl (C=O) groups is 1. The molecule has 8 heteroatoms. The second-order valence-corrected chi connectivity index (χ2v) is 6.85.